The number of imidazole rings is 1. The molecule has 0 saturated carbocycles. The molecule has 0 spiro atoms. The standard InChI is InChI=1S/C31H30N2O.C20H20N.Ir/c1-20(2)25-18-23(22-12-6-5-7-13-22)19-26(21(3)4)30(25)33-28-16-10-9-15-27(28)32-31(33)24-14-8-11-17-29(24)34;1-13(2)17-6-5-16-7-8-21-20(19(16)12-17)18-10-14(3)9-15(4)11-18;/h5-21,34H,1-4H3;5-10,12-13H,1-4H3;/q;-1;. The van der Waals surface area contributed by atoms with Gasteiger partial charge in [0, 0.05) is 26.3 Å². The first-order chi connectivity index (χ1) is 26.5. The fraction of sp³-hybridized carbons (Fsp3) is 0.216. The van der Waals surface area contributed by atoms with Gasteiger partial charge in [-0.25, -0.2) is 4.98 Å². The molecule has 1 radical (unpaired) electrons. The van der Waals surface area contributed by atoms with Crippen molar-refractivity contribution in [3.05, 3.63) is 167 Å². The smallest absolute Gasteiger partial charge is 0.149 e. The van der Waals surface area contributed by atoms with Gasteiger partial charge in [0.05, 0.1) is 22.3 Å². The van der Waals surface area contributed by atoms with Crippen LogP contribution in [0.3, 0.4) is 0 Å². The summed E-state index contributed by atoms with van der Waals surface area (Å²) in [7, 11) is 0. The molecule has 4 nitrogen and oxygen atoms in total. The number of phenolic OH excluding ortho intramolecular Hbond substituents is 1. The molecule has 0 saturated heterocycles. The summed E-state index contributed by atoms with van der Waals surface area (Å²) in [5.74, 6) is 2.11. The van der Waals surface area contributed by atoms with Gasteiger partial charge in [0.1, 0.15) is 11.6 Å². The van der Waals surface area contributed by atoms with Crippen molar-refractivity contribution < 1.29 is 25.2 Å². The number of hydrogen-bond acceptors (Lipinski definition) is 3. The SMILES string of the molecule is CC(C)c1cc(-c2ccccc2)cc(C(C)C)c1-n1c(-c2ccccc2O)nc2ccccc21.Cc1[c-]c(-c2nccc3ccc(C(C)C)cc23)cc(C)c1.[Ir]. The quantitative estimate of drug-likeness (QED) is 0.162. The number of nitrogens with zero attached hydrogens (tertiary/aromatic N) is 3. The molecule has 0 bridgehead atoms. The van der Waals surface area contributed by atoms with E-state index < -0.39 is 0 Å². The van der Waals surface area contributed by atoms with Crippen LogP contribution in [0.15, 0.2) is 134 Å². The average Bonchev–Trinajstić information content (AvgIpc) is 3.56. The molecule has 0 aliphatic heterocycles. The molecule has 6 aromatic carbocycles. The Bertz CT molecular complexity index is 2570. The van der Waals surface area contributed by atoms with Gasteiger partial charge in [-0.2, -0.15) is 0 Å². The zero-order valence-electron chi connectivity index (χ0n) is 33.6. The van der Waals surface area contributed by atoms with E-state index in [2.05, 4.69) is 162 Å². The molecule has 0 unspecified atom stereocenters. The largest absolute Gasteiger partial charge is 0.507 e. The van der Waals surface area contributed by atoms with E-state index in [0.717, 1.165) is 44.9 Å². The molecule has 0 atom stereocenters. The van der Waals surface area contributed by atoms with E-state index in [0.29, 0.717) is 17.8 Å². The van der Waals surface area contributed by atoms with E-state index in [1.165, 1.54) is 44.2 Å². The van der Waals surface area contributed by atoms with Crippen molar-refractivity contribution in [2.45, 2.75) is 73.1 Å². The molecule has 0 amide bonds. The number of pyridine rings is 1. The van der Waals surface area contributed by atoms with E-state index in [-0.39, 0.29) is 25.9 Å². The third kappa shape index (κ3) is 8.26. The Morgan fingerprint density at radius 1 is 0.643 bits per heavy atom. The van der Waals surface area contributed by atoms with Gasteiger partial charge in [0.15, 0.2) is 0 Å². The van der Waals surface area contributed by atoms with Gasteiger partial charge in [-0.3, -0.25) is 4.57 Å². The van der Waals surface area contributed by atoms with Crippen molar-refractivity contribution in [3.63, 3.8) is 0 Å². The molecule has 2 aromatic heterocycles. The Morgan fingerprint density at radius 3 is 1.96 bits per heavy atom. The molecule has 0 aliphatic carbocycles. The van der Waals surface area contributed by atoms with Gasteiger partial charge >= 0.3 is 0 Å². The number of benzene rings is 6. The molecule has 56 heavy (non-hydrogen) atoms. The summed E-state index contributed by atoms with van der Waals surface area (Å²) >= 11 is 0. The topological polar surface area (TPSA) is 50.9 Å². The van der Waals surface area contributed by atoms with E-state index in [9.17, 15) is 5.11 Å². The van der Waals surface area contributed by atoms with E-state index >= 15 is 0 Å². The molecule has 2 heterocycles. The number of hydrogen-bond donors (Lipinski definition) is 1. The van der Waals surface area contributed by atoms with E-state index in [1.54, 1.807) is 6.07 Å². The maximum absolute atomic E-state index is 10.8. The molecular formula is C51H50IrN3O-. The van der Waals surface area contributed by atoms with Crippen LogP contribution in [0.2, 0.25) is 0 Å². The number of aromatic hydroxyl groups is 1. The van der Waals surface area contributed by atoms with Gasteiger partial charge < -0.3 is 10.1 Å². The van der Waals surface area contributed by atoms with E-state index in [1.807, 2.05) is 36.5 Å². The van der Waals surface area contributed by atoms with Crippen LogP contribution in [-0.4, -0.2) is 19.6 Å². The summed E-state index contributed by atoms with van der Waals surface area (Å²) in [6.07, 6.45) is 1.89. The molecular weight excluding hydrogens is 863 g/mol. The predicted molar refractivity (Wildman–Crippen MR) is 231 cm³/mol. The zero-order chi connectivity index (χ0) is 38.8. The van der Waals surface area contributed by atoms with Crippen LogP contribution >= 0.6 is 0 Å². The maximum Gasteiger partial charge on any atom is 0.149 e. The minimum Gasteiger partial charge on any atom is -0.507 e. The molecule has 8 aromatic rings. The van der Waals surface area contributed by atoms with Gasteiger partial charge in [0.25, 0.3) is 0 Å². The average molecular weight is 913 g/mol. The molecule has 5 heteroatoms. The van der Waals surface area contributed by atoms with Crippen LogP contribution in [-0.2, 0) is 20.1 Å². The molecule has 8 rings (SSSR count). The number of aromatic nitrogens is 3. The van der Waals surface area contributed by atoms with Crippen LogP contribution in [0.1, 0.15) is 87.1 Å². The first-order valence-corrected chi connectivity index (χ1v) is 19.4. The van der Waals surface area contributed by atoms with Crippen LogP contribution in [0.25, 0.3) is 61.3 Å². The Balaban J connectivity index is 0.000000208. The molecule has 0 aliphatic rings. The van der Waals surface area contributed by atoms with Crippen molar-refractivity contribution in [1.82, 2.24) is 14.5 Å². The fourth-order valence-electron chi connectivity index (χ4n) is 7.49. The maximum atomic E-state index is 10.8. The summed E-state index contributed by atoms with van der Waals surface area (Å²) in [4.78, 5) is 9.63. The Kier molecular flexibility index (Phi) is 12.4. The Labute approximate surface area is 345 Å². The third-order valence-corrected chi connectivity index (χ3v) is 10.3. The first-order valence-electron chi connectivity index (χ1n) is 19.4. The minimum absolute atomic E-state index is 0. The van der Waals surface area contributed by atoms with Crippen LogP contribution in [0.5, 0.6) is 5.75 Å². The normalized spacial score (nSPS) is 11.3. The fourth-order valence-corrected chi connectivity index (χ4v) is 7.49. The zero-order valence-corrected chi connectivity index (χ0v) is 36.0. The summed E-state index contributed by atoms with van der Waals surface area (Å²) < 4.78 is 2.25. The molecule has 285 valence electrons. The second-order valence-electron chi connectivity index (χ2n) is 15.5. The van der Waals surface area contributed by atoms with Crippen molar-refractivity contribution in [2.75, 3.05) is 0 Å². The van der Waals surface area contributed by atoms with Gasteiger partial charge in [0.2, 0.25) is 0 Å². The van der Waals surface area contributed by atoms with E-state index in [4.69, 9.17) is 4.98 Å². The number of phenols is 1. The van der Waals surface area contributed by atoms with Crippen molar-refractivity contribution in [2.24, 2.45) is 0 Å². The Hall–Kier alpha value is -5.35. The van der Waals surface area contributed by atoms with Gasteiger partial charge in [-0.1, -0.05) is 128 Å². The summed E-state index contributed by atoms with van der Waals surface area (Å²) in [5.41, 5.74) is 14.7. The molecule has 0 fully saturated rings. The third-order valence-electron chi connectivity index (χ3n) is 10.3. The first kappa shape index (κ1) is 40.3. The number of rotatable bonds is 7. The second kappa shape index (κ2) is 17.2. The molecule has 1 N–H and O–H groups in total. The van der Waals surface area contributed by atoms with Crippen LogP contribution in [0.4, 0.5) is 0 Å². The number of aryl methyl sites for hydroxylation is 2. The monoisotopic (exact) mass is 913 g/mol. The minimum atomic E-state index is 0. The summed E-state index contributed by atoms with van der Waals surface area (Å²) in [5, 5.41) is 13.2. The van der Waals surface area contributed by atoms with Crippen LogP contribution in [0, 0.1) is 19.9 Å². The van der Waals surface area contributed by atoms with Crippen molar-refractivity contribution in [3.8, 4) is 45.2 Å². The van der Waals surface area contributed by atoms with Crippen molar-refractivity contribution >= 4 is 21.8 Å². The summed E-state index contributed by atoms with van der Waals surface area (Å²) in [6, 6.07) is 47.4. The van der Waals surface area contributed by atoms with Gasteiger partial charge in [-0.05, 0) is 105 Å². The number of para-hydroxylation sites is 3. The summed E-state index contributed by atoms with van der Waals surface area (Å²) in [6.45, 7) is 17.6. The number of fused-ring (bicyclic) bond motifs is 2. The van der Waals surface area contributed by atoms with Gasteiger partial charge in [-0.15, -0.1) is 34.9 Å². The van der Waals surface area contributed by atoms with Crippen molar-refractivity contribution in [1.29, 1.82) is 0 Å². The predicted octanol–water partition coefficient (Wildman–Crippen LogP) is 13.8. The van der Waals surface area contributed by atoms with Crippen LogP contribution < -0.4 is 0 Å². The Morgan fingerprint density at radius 2 is 1.30 bits per heavy atom. The second-order valence-corrected chi connectivity index (χ2v) is 15.5.